The van der Waals surface area contributed by atoms with Gasteiger partial charge in [0.1, 0.15) is 5.75 Å². The Bertz CT molecular complexity index is 526. The Hall–Kier alpha value is -2.04. The predicted molar refractivity (Wildman–Crippen MR) is 87.4 cm³/mol. The molecule has 2 N–H and O–H groups in total. The number of ether oxygens (including phenoxy) is 1. The summed E-state index contributed by atoms with van der Waals surface area (Å²) in [5, 5.41) is 11.9. The van der Waals surface area contributed by atoms with Gasteiger partial charge in [-0.15, -0.1) is 0 Å². The average Bonchev–Trinajstić information content (AvgIpc) is 3.02. The molecule has 1 aromatic rings. The molecule has 0 aliphatic heterocycles. The van der Waals surface area contributed by atoms with E-state index in [9.17, 15) is 9.59 Å². The van der Waals surface area contributed by atoms with E-state index in [0.717, 1.165) is 18.6 Å². The van der Waals surface area contributed by atoms with E-state index in [1.54, 1.807) is 0 Å². The second-order valence-corrected chi connectivity index (χ2v) is 6.20. The van der Waals surface area contributed by atoms with Crippen LogP contribution in [0.1, 0.15) is 37.7 Å². The summed E-state index contributed by atoms with van der Waals surface area (Å²) in [5.41, 5.74) is 1.21. The van der Waals surface area contributed by atoms with Crippen molar-refractivity contribution in [3.8, 4) is 5.75 Å². The van der Waals surface area contributed by atoms with Crippen molar-refractivity contribution < 1.29 is 19.4 Å². The van der Waals surface area contributed by atoms with Crippen molar-refractivity contribution in [1.82, 2.24) is 5.32 Å². The van der Waals surface area contributed by atoms with E-state index in [1.165, 1.54) is 5.56 Å². The summed E-state index contributed by atoms with van der Waals surface area (Å²) in [5.74, 6) is -0.416. The molecule has 0 bridgehead atoms. The third kappa shape index (κ3) is 5.58. The number of carbonyl (C=O) groups excluding carboxylic acids is 1. The topological polar surface area (TPSA) is 75.6 Å². The smallest absolute Gasteiger partial charge is 0.306 e. The van der Waals surface area contributed by atoms with E-state index < -0.39 is 5.97 Å². The van der Waals surface area contributed by atoms with Crippen molar-refractivity contribution in [2.75, 3.05) is 13.2 Å². The molecule has 5 heteroatoms. The van der Waals surface area contributed by atoms with Gasteiger partial charge in [0.25, 0.3) is 0 Å². The number of carboxylic acid groups (broad SMARTS) is 1. The number of aryl methyl sites for hydroxylation is 1. The minimum Gasteiger partial charge on any atom is -0.494 e. The van der Waals surface area contributed by atoms with Gasteiger partial charge in [-0.3, -0.25) is 9.59 Å². The second kappa shape index (κ2) is 8.56. The molecule has 5 nitrogen and oxygen atoms in total. The molecular formula is C18H25NO4. The summed E-state index contributed by atoms with van der Waals surface area (Å²) in [6.07, 6.45) is 3.48. The molecule has 0 spiro atoms. The van der Waals surface area contributed by atoms with E-state index in [0.29, 0.717) is 32.4 Å². The lowest BCUT2D eigenvalue weighted by Crippen LogP contribution is -2.30. The molecular weight excluding hydrogens is 294 g/mol. The van der Waals surface area contributed by atoms with Crippen LogP contribution in [0.3, 0.4) is 0 Å². The van der Waals surface area contributed by atoms with Gasteiger partial charge in [-0.05, 0) is 51.2 Å². The number of carbonyl (C=O) groups is 2. The Morgan fingerprint density at radius 1 is 1.17 bits per heavy atom. The van der Waals surface area contributed by atoms with Crippen molar-refractivity contribution in [1.29, 1.82) is 0 Å². The number of unbranched alkanes of at least 4 members (excludes halogenated alkanes) is 1. The summed E-state index contributed by atoms with van der Waals surface area (Å²) < 4.78 is 5.63. The first-order valence-corrected chi connectivity index (χ1v) is 8.26. The largest absolute Gasteiger partial charge is 0.494 e. The minimum atomic E-state index is -0.784. The summed E-state index contributed by atoms with van der Waals surface area (Å²) in [4.78, 5) is 22.9. The van der Waals surface area contributed by atoms with Gasteiger partial charge in [0.15, 0.2) is 0 Å². The van der Waals surface area contributed by atoms with E-state index in [-0.39, 0.29) is 17.7 Å². The molecule has 2 rings (SSSR count). The Labute approximate surface area is 137 Å². The van der Waals surface area contributed by atoms with Gasteiger partial charge < -0.3 is 15.2 Å². The average molecular weight is 319 g/mol. The number of carboxylic acids is 1. The molecule has 1 aliphatic rings. The van der Waals surface area contributed by atoms with Crippen molar-refractivity contribution >= 4 is 11.9 Å². The van der Waals surface area contributed by atoms with Gasteiger partial charge in [-0.25, -0.2) is 0 Å². The van der Waals surface area contributed by atoms with E-state index in [1.807, 2.05) is 31.2 Å². The summed E-state index contributed by atoms with van der Waals surface area (Å²) in [6, 6.07) is 7.94. The van der Waals surface area contributed by atoms with E-state index in [2.05, 4.69) is 5.32 Å². The summed E-state index contributed by atoms with van der Waals surface area (Å²) in [7, 11) is 0. The first kappa shape index (κ1) is 17.3. The number of amides is 1. The Morgan fingerprint density at radius 2 is 1.87 bits per heavy atom. The van der Waals surface area contributed by atoms with E-state index in [4.69, 9.17) is 9.84 Å². The number of hydrogen-bond donors (Lipinski definition) is 2. The van der Waals surface area contributed by atoms with Gasteiger partial charge in [-0.1, -0.05) is 17.7 Å². The van der Waals surface area contributed by atoms with Crippen LogP contribution in [0.4, 0.5) is 0 Å². The van der Waals surface area contributed by atoms with Gasteiger partial charge in [0.05, 0.1) is 12.5 Å². The monoisotopic (exact) mass is 319 g/mol. The van der Waals surface area contributed by atoms with Crippen LogP contribution in [0.5, 0.6) is 5.75 Å². The van der Waals surface area contributed by atoms with Crippen LogP contribution < -0.4 is 10.1 Å². The molecule has 1 saturated carbocycles. The predicted octanol–water partition coefficient (Wildman–Crippen LogP) is 2.77. The molecule has 0 radical (unpaired) electrons. The molecule has 1 aliphatic carbocycles. The fourth-order valence-corrected chi connectivity index (χ4v) is 2.85. The highest BCUT2D eigenvalue weighted by molar-refractivity contribution is 5.80. The molecule has 2 atom stereocenters. The Balaban J connectivity index is 1.54. The zero-order valence-corrected chi connectivity index (χ0v) is 13.6. The van der Waals surface area contributed by atoms with Crippen LogP contribution in [0.2, 0.25) is 0 Å². The third-order valence-electron chi connectivity index (χ3n) is 4.31. The van der Waals surface area contributed by atoms with Gasteiger partial charge in [0, 0.05) is 12.5 Å². The van der Waals surface area contributed by atoms with Crippen LogP contribution in [0, 0.1) is 18.8 Å². The number of rotatable bonds is 8. The van der Waals surface area contributed by atoms with Crippen LogP contribution in [-0.4, -0.2) is 30.1 Å². The molecule has 1 aromatic carbocycles. The molecule has 1 fully saturated rings. The first-order chi connectivity index (χ1) is 11.1. The number of aliphatic carboxylic acids is 1. The number of nitrogens with one attached hydrogen (secondary N) is 1. The highest BCUT2D eigenvalue weighted by Crippen LogP contribution is 2.31. The molecule has 0 saturated heterocycles. The fourth-order valence-electron chi connectivity index (χ4n) is 2.85. The fraction of sp³-hybridized carbons (Fsp3) is 0.556. The lowest BCUT2D eigenvalue weighted by Gasteiger charge is -2.11. The third-order valence-corrected chi connectivity index (χ3v) is 4.31. The first-order valence-electron chi connectivity index (χ1n) is 8.26. The highest BCUT2D eigenvalue weighted by atomic mass is 16.5. The molecule has 23 heavy (non-hydrogen) atoms. The van der Waals surface area contributed by atoms with Crippen molar-refractivity contribution in [3.63, 3.8) is 0 Å². The zero-order chi connectivity index (χ0) is 16.7. The van der Waals surface area contributed by atoms with Crippen molar-refractivity contribution in [2.24, 2.45) is 11.8 Å². The Morgan fingerprint density at radius 3 is 2.52 bits per heavy atom. The van der Waals surface area contributed by atoms with Gasteiger partial charge in [-0.2, -0.15) is 0 Å². The van der Waals surface area contributed by atoms with Gasteiger partial charge >= 0.3 is 5.97 Å². The summed E-state index contributed by atoms with van der Waals surface area (Å²) in [6.45, 7) is 3.28. The SMILES string of the molecule is Cc1ccc(OCCCCNC(=O)[C@@H]2CC[C@H](C(=O)O)C2)cc1. The number of hydrogen-bond acceptors (Lipinski definition) is 3. The summed E-state index contributed by atoms with van der Waals surface area (Å²) >= 11 is 0. The zero-order valence-electron chi connectivity index (χ0n) is 13.6. The maximum Gasteiger partial charge on any atom is 0.306 e. The molecule has 1 amide bonds. The molecule has 0 heterocycles. The van der Waals surface area contributed by atoms with Gasteiger partial charge in [0.2, 0.25) is 5.91 Å². The van der Waals surface area contributed by atoms with Crippen LogP contribution in [0.15, 0.2) is 24.3 Å². The highest BCUT2D eigenvalue weighted by Gasteiger charge is 2.33. The van der Waals surface area contributed by atoms with Crippen LogP contribution in [0.25, 0.3) is 0 Å². The number of benzene rings is 1. The van der Waals surface area contributed by atoms with Crippen molar-refractivity contribution in [3.05, 3.63) is 29.8 Å². The van der Waals surface area contributed by atoms with Crippen molar-refractivity contribution in [2.45, 2.75) is 39.0 Å². The maximum atomic E-state index is 12.0. The quantitative estimate of drug-likeness (QED) is 0.723. The van der Waals surface area contributed by atoms with E-state index >= 15 is 0 Å². The lowest BCUT2D eigenvalue weighted by atomic mass is 10.0. The Kier molecular flexibility index (Phi) is 6.44. The lowest BCUT2D eigenvalue weighted by molar-refractivity contribution is -0.141. The van der Waals surface area contributed by atoms with Crippen LogP contribution >= 0.6 is 0 Å². The standard InChI is InChI=1S/C18H25NO4/c1-13-4-8-16(9-5-13)23-11-3-2-10-19-17(20)14-6-7-15(12-14)18(21)22/h4-5,8-9,14-15H,2-3,6-7,10-12H2,1H3,(H,19,20)(H,21,22)/t14-,15+/m1/s1. The maximum absolute atomic E-state index is 12.0. The minimum absolute atomic E-state index is 0.00629. The van der Waals surface area contributed by atoms with Crippen LogP contribution in [-0.2, 0) is 9.59 Å². The second-order valence-electron chi connectivity index (χ2n) is 6.20. The normalized spacial score (nSPS) is 20.2. The molecule has 0 unspecified atom stereocenters. The molecule has 126 valence electrons. The molecule has 0 aromatic heterocycles.